The molecule has 158 valence electrons. The standard InChI is InChI=1S/C21H26FNO5S/c1-14(2)21(24)23(15(3)4)13-16-6-11-19(27-5)20(12-16)28-29(25,26)18-9-7-17(22)8-10-18/h6-12,14-15H,13H2,1-5H3. The maximum atomic E-state index is 13.1. The average molecular weight is 424 g/mol. The highest BCUT2D eigenvalue weighted by atomic mass is 32.2. The van der Waals surface area contributed by atoms with Crippen molar-refractivity contribution in [2.75, 3.05) is 7.11 Å². The quantitative estimate of drug-likeness (QED) is 0.600. The lowest BCUT2D eigenvalue weighted by Gasteiger charge is -2.29. The molecule has 6 nitrogen and oxygen atoms in total. The van der Waals surface area contributed by atoms with Crippen LogP contribution in [-0.2, 0) is 21.5 Å². The van der Waals surface area contributed by atoms with Crippen LogP contribution in [0.2, 0.25) is 0 Å². The molecule has 0 fully saturated rings. The molecule has 29 heavy (non-hydrogen) atoms. The third-order valence-electron chi connectivity index (χ3n) is 4.28. The summed E-state index contributed by atoms with van der Waals surface area (Å²) in [5, 5.41) is 0. The minimum Gasteiger partial charge on any atom is -0.493 e. The van der Waals surface area contributed by atoms with Gasteiger partial charge >= 0.3 is 10.1 Å². The number of hydrogen-bond acceptors (Lipinski definition) is 5. The van der Waals surface area contributed by atoms with Gasteiger partial charge in [-0.25, -0.2) is 4.39 Å². The van der Waals surface area contributed by atoms with E-state index >= 15 is 0 Å². The van der Waals surface area contributed by atoms with Crippen LogP contribution in [0.15, 0.2) is 47.4 Å². The summed E-state index contributed by atoms with van der Waals surface area (Å²) in [6.07, 6.45) is 0. The molecular weight excluding hydrogens is 397 g/mol. The van der Waals surface area contributed by atoms with E-state index in [1.807, 2.05) is 27.7 Å². The first-order valence-corrected chi connectivity index (χ1v) is 10.6. The van der Waals surface area contributed by atoms with Crippen LogP contribution in [0.4, 0.5) is 4.39 Å². The van der Waals surface area contributed by atoms with Gasteiger partial charge in [-0.05, 0) is 55.8 Å². The number of nitrogens with zero attached hydrogens (tertiary/aromatic N) is 1. The SMILES string of the molecule is COc1ccc(CN(C(=O)C(C)C)C(C)C)cc1OS(=O)(=O)c1ccc(F)cc1. The van der Waals surface area contributed by atoms with Gasteiger partial charge in [0.25, 0.3) is 0 Å². The predicted molar refractivity (Wildman–Crippen MR) is 108 cm³/mol. The smallest absolute Gasteiger partial charge is 0.339 e. The Morgan fingerprint density at radius 3 is 2.17 bits per heavy atom. The van der Waals surface area contributed by atoms with Crippen LogP contribution in [-0.4, -0.2) is 32.4 Å². The molecule has 1 amide bonds. The Bertz CT molecular complexity index is 956. The molecule has 0 saturated heterocycles. The highest BCUT2D eigenvalue weighted by molar-refractivity contribution is 7.87. The summed E-state index contributed by atoms with van der Waals surface area (Å²) in [6.45, 7) is 7.79. The van der Waals surface area contributed by atoms with Gasteiger partial charge in [-0.1, -0.05) is 19.9 Å². The third-order valence-corrected chi connectivity index (χ3v) is 5.53. The monoisotopic (exact) mass is 423 g/mol. The molecule has 0 aromatic heterocycles. The van der Waals surface area contributed by atoms with Crippen molar-refractivity contribution in [2.24, 2.45) is 5.92 Å². The Labute approximate surface area is 171 Å². The maximum Gasteiger partial charge on any atom is 0.339 e. The summed E-state index contributed by atoms with van der Waals surface area (Å²) in [5.41, 5.74) is 0.692. The number of carbonyl (C=O) groups is 1. The topological polar surface area (TPSA) is 72.9 Å². The molecule has 0 N–H and O–H groups in total. The van der Waals surface area contributed by atoms with Gasteiger partial charge in [0.05, 0.1) is 7.11 Å². The minimum atomic E-state index is -4.18. The van der Waals surface area contributed by atoms with E-state index in [4.69, 9.17) is 8.92 Å². The molecule has 0 saturated carbocycles. The number of benzene rings is 2. The molecule has 0 atom stereocenters. The van der Waals surface area contributed by atoms with Crippen molar-refractivity contribution >= 4 is 16.0 Å². The fourth-order valence-electron chi connectivity index (χ4n) is 2.70. The summed E-state index contributed by atoms with van der Waals surface area (Å²) < 4.78 is 48.7. The van der Waals surface area contributed by atoms with Crippen molar-refractivity contribution < 1.29 is 26.5 Å². The summed E-state index contributed by atoms with van der Waals surface area (Å²) in [7, 11) is -2.78. The van der Waals surface area contributed by atoms with E-state index in [0.717, 1.165) is 24.3 Å². The zero-order valence-corrected chi connectivity index (χ0v) is 18.0. The molecule has 0 bridgehead atoms. The molecular formula is C21H26FNO5S. The second-order valence-electron chi connectivity index (χ2n) is 7.19. The van der Waals surface area contributed by atoms with E-state index in [0.29, 0.717) is 12.1 Å². The number of hydrogen-bond donors (Lipinski definition) is 0. The first-order chi connectivity index (χ1) is 13.5. The molecule has 2 aromatic carbocycles. The highest BCUT2D eigenvalue weighted by Crippen LogP contribution is 2.31. The van der Waals surface area contributed by atoms with E-state index in [-0.39, 0.29) is 34.3 Å². The van der Waals surface area contributed by atoms with Crippen molar-refractivity contribution in [3.63, 3.8) is 0 Å². The zero-order valence-electron chi connectivity index (χ0n) is 17.2. The van der Waals surface area contributed by atoms with Crippen LogP contribution in [0.3, 0.4) is 0 Å². The maximum absolute atomic E-state index is 13.1. The first kappa shape index (κ1) is 22.7. The number of carbonyl (C=O) groups excluding carboxylic acids is 1. The zero-order chi connectivity index (χ0) is 21.8. The lowest BCUT2D eigenvalue weighted by Crippen LogP contribution is -2.38. The number of methoxy groups -OCH3 is 1. The van der Waals surface area contributed by atoms with Crippen LogP contribution in [0.5, 0.6) is 11.5 Å². The largest absolute Gasteiger partial charge is 0.493 e. The molecule has 0 unspecified atom stereocenters. The number of amides is 1. The van der Waals surface area contributed by atoms with Gasteiger partial charge in [0.2, 0.25) is 5.91 Å². The Hall–Kier alpha value is -2.61. The van der Waals surface area contributed by atoms with Gasteiger partial charge in [-0.2, -0.15) is 8.42 Å². The summed E-state index contributed by atoms with van der Waals surface area (Å²) in [4.78, 5) is 14.0. The van der Waals surface area contributed by atoms with E-state index in [2.05, 4.69) is 0 Å². The van der Waals surface area contributed by atoms with E-state index in [9.17, 15) is 17.6 Å². The number of rotatable bonds is 8. The molecule has 0 spiro atoms. The normalized spacial score (nSPS) is 11.6. The van der Waals surface area contributed by atoms with Gasteiger partial charge in [0, 0.05) is 18.5 Å². The Morgan fingerprint density at radius 2 is 1.66 bits per heavy atom. The van der Waals surface area contributed by atoms with Gasteiger partial charge in [-0.3, -0.25) is 4.79 Å². The van der Waals surface area contributed by atoms with Crippen molar-refractivity contribution in [1.29, 1.82) is 0 Å². The van der Waals surface area contributed by atoms with E-state index < -0.39 is 15.9 Å². The molecule has 0 aliphatic carbocycles. The molecule has 8 heteroatoms. The van der Waals surface area contributed by atoms with Gasteiger partial charge in [0.1, 0.15) is 10.7 Å². The molecule has 2 aromatic rings. The second-order valence-corrected chi connectivity index (χ2v) is 8.74. The van der Waals surface area contributed by atoms with Crippen molar-refractivity contribution in [3.8, 4) is 11.5 Å². The lowest BCUT2D eigenvalue weighted by atomic mass is 10.1. The van der Waals surface area contributed by atoms with Crippen molar-refractivity contribution in [3.05, 3.63) is 53.8 Å². The number of ether oxygens (including phenoxy) is 1. The van der Waals surface area contributed by atoms with Crippen LogP contribution < -0.4 is 8.92 Å². The third kappa shape index (κ3) is 5.69. The van der Waals surface area contributed by atoms with Crippen LogP contribution in [0.25, 0.3) is 0 Å². The highest BCUT2D eigenvalue weighted by Gasteiger charge is 2.23. The second kappa shape index (κ2) is 9.26. The molecule has 2 rings (SSSR count). The van der Waals surface area contributed by atoms with Crippen LogP contribution in [0, 0.1) is 11.7 Å². The van der Waals surface area contributed by atoms with Gasteiger partial charge in [-0.15, -0.1) is 0 Å². The summed E-state index contributed by atoms with van der Waals surface area (Å²) in [5.74, 6) is -0.490. The first-order valence-electron chi connectivity index (χ1n) is 9.22. The Kier molecular flexibility index (Phi) is 7.24. The predicted octanol–water partition coefficient (Wildman–Crippen LogP) is 4.00. The minimum absolute atomic E-state index is 0.00257. The van der Waals surface area contributed by atoms with Crippen molar-refractivity contribution in [1.82, 2.24) is 4.90 Å². The van der Waals surface area contributed by atoms with Gasteiger partial charge < -0.3 is 13.8 Å². The molecule has 0 aliphatic heterocycles. The van der Waals surface area contributed by atoms with Gasteiger partial charge in [0.15, 0.2) is 11.5 Å². The van der Waals surface area contributed by atoms with E-state index in [1.165, 1.54) is 13.2 Å². The molecule has 0 aliphatic rings. The fourth-order valence-corrected chi connectivity index (χ4v) is 3.63. The summed E-state index contributed by atoms with van der Waals surface area (Å²) in [6, 6.07) is 9.18. The fraction of sp³-hybridized carbons (Fsp3) is 0.381. The van der Waals surface area contributed by atoms with Crippen LogP contribution in [0.1, 0.15) is 33.3 Å². The molecule has 0 radical (unpaired) electrons. The van der Waals surface area contributed by atoms with E-state index in [1.54, 1.807) is 17.0 Å². The summed E-state index contributed by atoms with van der Waals surface area (Å²) >= 11 is 0. The Morgan fingerprint density at radius 1 is 1.03 bits per heavy atom. The van der Waals surface area contributed by atoms with Crippen LogP contribution >= 0.6 is 0 Å². The Balaban J connectivity index is 2.35. The molecule has 0 heterocycles. The average Bonchev–Trinajstić information content (AvgIpc) is 2.65. The number of halogens is 1. The van der Waals surface area contributed by atoms with Crippen molar-refractivity contribution in [2.45, 2.75) is 45.2 Å². The lowest BCUT2D eigenvalue weighted by molar-refractivity contribution is -0.136.